The molecule has 0 aliphatic heterocycles. The van der Waals surface area contributed by atoms with Gasteiger partial charge in [0.05, 0.1) is 6.54 Å². The molecule has 0 heterocycles. The molecule has 0 bridgehead atoms. The van der Waals surface area contributed by atoms with Crippen molar-refractivity contribution >= 4 is 5.97 Å². The summed E-state index contributed by atoms with van der Waals surface area (Å²) in [6.07, 6.45) is -1.54. The molecule has 0 aromatic rings. The summed E-state index contributed by atoms with van der Waals surface area (Å²) in [5.41, 5.74) is -1.23. The van der Waals surface area contributed by atoms with E-state index in [0.29, 0.717) is 12.8 Å². The lowest BCUT2D eigenvalue weighted by Crippen LogP contribution is -2.50. The van der Waals surface area contributed by atoms with Crippen LogP contribution in [-0.4, -0.2) is 29.6 Å². The molecule has 78 valence electrons. The van der Waals surface area contributed by atoms with Crippen molar-refractivity contribution in [1.29, 1.82) is 0 Å². The average molecular weight is 195 g/mol. The zero-order valence-electron chi connectivity index (χ0n) is 7.81. The first-order valence-corrected chi connectivity index (χ1v) is 4.19. The van der Waals surface area contributed by atoms with Crippen LogP contribution < -0.4 is 5.32 Å². The van der Waals surface area contributed by atoms with Crippen molar-refractivity contribution in [3.63, 3.8) is 0 Å². The summed E-state index contributed by atoms with van der Waals surface area (Å²) < 4.78 is 23.6. The molecule has 0 amide bonds. The van der Waals surface area contributed by atoms with Crippen LogP contribution in [0.5, 0.6) is 0 Å². The van der Waals surface area contributed by atoms with Gasteiger partial charge in [0.1, 0.15) is 5.54 Å². The van der Waals surface area contributed by atoms with Crippen LogP contribution in [0.3, 0.4) is 0 Å². The quantitative estimate of drug-likeness (QED) is 0.675. The number of alkyl halides is 2. The highest BCUT2D eigenvalue weighted by atomic mass is 19.3. The van der Waals surface area contributed by atoms with Crippen molar-refractivity contribution in [1.82, 2.24) is 5.32 Å². The Morgan fingerprint density at radius 3 is 2.46 bits per heavy atom. The van der Waals surface area contributed by atoms with E-state index in [1.54, 1.807) is 0 Å². The Hall–Kier alpha value is -0.710. The Labute approximate surface area is 76.1 Å². The summed E-state index contributed by atoms with van der Waals surface area (Å²) in [6.45, 7) is 2.65. The van der Waals surface area contributed by atoms with Crippen molar-refractivity contribution in [2.75, 3.05) is 6.54 Å². The number of carboxylic acids is 1. The van der Waals surface area contributed by atoms with Crippen LogP contribution in [0.1, 0.15) is 26.7 Å². The van der Waals surface area contributed by atoms with E-state index in [0.717, 1.165) is 0 Å². The molecule has 2 N–H and O–H groups in total. The fourth-order valence-electron chi connectivity index (χ4n) is 1.07. The van der Waals surface area contributed by atoms with E-state index >= 15 is 0 Å². The van der Waals surface area contributed by atoms with Gasteiger partial charge in [0.15, 0.2) is 0 Å². The molecule has 0 spiro atoms. The van der Waals surface area contributed by atoms with E-state index in [1.807, 2.05) is 6.92 Å². The van der Waals surface area contributed by atoms with Crippen molar-refractivity contribution in [3.05, 3.63) is 0 Å². The van der Waals surface area contributed by atoms with Gasteiger partial charge in [-0.3, -0.25) is 10.1 Å². The minimum Gasteiger partial charge on any atom is -0.480 e. The number of halogens is 2. The molecule has 1 atom stereocenters. The zero-order valence-corrected chi connectivity index (χ0v) is 7.81. The predicted octanol–water partition coefficient (Wildman–Crippen LogP) is 1.48. The first kappa shape index (κ1) is 12.3. The van der Waals surface area contributed by atoms with Gasteiger partial charge in [-0.25, -0.2) is 8.78 Å². The monoisotopic (exact) mass is 195 g/mol. The van der Waals surface area contributed by atoms with Crippen molar-refractivity contribution < 1.29 is 18.7 Å². The van der Waals surface area contributed by atoms with Crippen LogP contribution in [0.4, 0.5) is 8.78 Å². The SMILES string of the molecule is CCCC(C)(NCC(F)F)C(=O)O. The van der Waals surface area contributed by atoms with Gasteiger partial charge in [0.2, 0.25) is 0 Å². The van der Waals surface area contributed by atoms with E-state index < -0.39 is 24.5 Å². The van der Waals surface area contributed by atoms with Crippen LogP contribution in [0.2, 0.25) is 0 Å². The molecule has 5 heteroatoms. The number of hydrogen-bond donors (Lipinski definition) is 2. The summed E-state index contributed by atoms with van der Waals surface area (Å²) in [5.74, 6) is -1.09. The summed E-state index contributed by atoms with van der Waals surface area (Å²) in [7, 11) is 0. The minimum atomic E-state index is -2.52. The Bertz CT molecular complexity index is 176. The number of aliphatic carboxylic acids is 1. The Morgan fingerprint density at radius 2 is 2.15 bits per heavy atom. The summed E-state index contributed by atoms with van der Waals surface area (Å²) in [6, 6.07) is 0. The molecule has 0 saturated heterocycles. The second-order valence-corrected chi connectivity index (χ2v) is 3.16. The highest BCUT2D eigenvalue weighted by Crippen LogP contribution is 2.12. The van der Waals surface area contributed by atoms with Crippen molar-refractivity contribution in [3.8, 4) is 0 Å². The Morgan fingerprint density at radius 1 is 1.62 bits per heavy atom. The van der Waals surface area contributed by atoms with Gasteiger partial charge in [-0.1, -0.05) is 13.3 Å². The highest BCUT2D eigenvalue weighted by Gasteiger charge is 2.31. The third kappa shape index (κ3) is 4.17. The molecule has 1 unspecified atom stereocenters. The summed E-state index contributed by atoms with van der Waals surface area (Å²) in [4.78, 5) is 10.7. The molecule has 0 aliphatic carbocycles. The average Bonchev–Trinajstić information content (AvgIpc) is 2.01. The van der Waals surface area contributed by atoms with Gasteiger partial charge in [-0.15, -0.1) is 0 Å². The van der Waals surface area contributed by atoms with Gasteiger partial charge in [-0.05, 0) is 13.3 Å². The molecule has 0 aromatic carbocycles. The van der Waals surface area contributed by atoms with Crippen molar-refractivity contribution in [2.45, 2.75) is 38.7 Å². The standard InChI is InChI=1S/C8H15F2NO2/c1-3-4-8(2,7(12)13)11-5-6(9)10/h6,11H,3-5H2,1-2H3,(H,12,13). The first-order valence-electron chi connectivity index (χ1n) is 4.19. The first-order chi connectivity index (χ1) is 5.92. The van der Waals surface area contributed by atoms with E-state index in [1.165, 1.54) is 6.92 Å². The molecule has 13 heavy (non-hydrogen) atoms. The van der Waals surface area contributed by atoms with E-state index in [2.05, 4.69) is 5.32 Å². The molecule has 0 rings (SSSR count). The number of rotatable bonds is 6. The number of carbonyl (C=O) groups is 1. The highest BCUT2D eigenvalue weighted by molar-refractivity contribution is 5.78. The third-order valence-electron chi connectivity index (χ3n) is 1.87. The van der Waals surface area contributed by atoms with Crippen LogP contribution >= 0.6 is 0 Å². The molecule has 3 nitrogen and oxygen atoms in total. The normalized spacial score (nSPS) is 15.8. The topological polar surface area (TPSA) is 49.3 Å². The smallest absolute Gasteiger partial charge is 0.323 e. The fourth-order valence-corrected chi connectivity index (χ4v) is 1.07. The molecule has 0 fully saturated rings. The van der Waals surface area contributed by atoms with Gasteiger partial charge in [-0.2, -0.15) is 0 Å². The predicted molar refractivity (Wildman–Crippen MR) is 45.0 cm³/mol. The summed E-state index contributed by atoms with van der Waals surface area (Å²) >= 11 is 0. The fraction of sp³-hybridized carbons (Fsp3) is 0.875. The number of carboxylic acid groups (broad SMARTS) is 1. The van der Waals surface area contributed by atoms with Gasteiger partial charge in [0, 0.05) is 0 Å². The van der Waals surface area contributed by atoms with E-state index in [4.69, 9.17) is 5.11 Å². The molecule has 0 aromatic heterocycles. The lowest BCUT2D eigenvalue weighted by molar-refractivity contribution is -0.144. The van der Waals surface area contributed by atoms with Crippen LogP contribution in [0.15, 0.2) is 0 Å². The lowest BCUT2D eigenvalue weighted by Gasteiger charge is -2.25. The molecular formula is C8H15F2NO2. The Balaban J connectivity index is 4.16. The molecule has 0 radical (unpaired) electrons. The maximum absolute atomic E-state index is 11.8. The molecule has 0 saturated carbocycles. The third-order valence-corrected chi connectivity index (χ3v) is 1.87. The largest absolute Gasteiger partial charge is 0.480 e. The van der Waals surface area contributed by atoms with Crippen LogP contribution in [0.25, 0.3) is 0 Å². The second-order valence-electron chi connectivity index (χ2n) is 3.16. The minimum absolute atomic E-state index is 0.342. The van der Waals surface area contributed by atoms with Crippen molar-refractivity contribution in [2.24, 2.45) is 0 Å². The molecular weight excluding hydrogens is 180 g/mol. The summed E-state index contributed by atoms with van der Waals surface area (Å²) in [5, 5.41) is 11.1. The maximum Gasteiger partial charge on any atom is 0.323 e. The van der Waals surface area contributed by atoms with Gasteiger partial charge >= 0.3 is 5.97 Å². The van der Waals surface area contributed by atoms with E-state index in [9.17, 15) is 13.6 Å². The number of hydrogen-bond acceptors (Lipinski definition) is 2. The molecule has 0 aliphatic rings. The van der Waals surface area contributed by atoms with Crippen LogP contribution in [-0.2, 0) is 4.79 Å². The Kier molecular flexibility index (Phi) is 4.83. The zero-order chi connectivity index (χ0) is 10.5. The van der Waals surface area contributed by atoms with Gasteiger partial charge in [0.25, 0.3) is 6.43 Å². The van der Waals surface area contributed by atoms with E-state index in [-0.39, 0.29) is 0 Å². The lowest BCUT2D eigenvalue weighted by atomic mass is 9.96. The number of nitrogens with one attached hydrogen (secondary N) is 1. The second kappa shape index (κ2) is 5.11. The van der Waals surface area contributed by atoms with Crippen LogP contribution in [0, 0.1) is 0 Å². The van der Waals surface area contributed by atoms with Gasteiger partial charge < -0.3 is 5.11 Å². The maximum atomic E-state index is 11.8.